The van der Waals surface area contributed by atoms with E-state index in [9.17, 15) is 4.79 Å². The Balaban J connectivity index is 2.10. The number of carbonyl (C=O) groups excluding carboxylic acids is 1. The third-order valence-electron chi connectivity index (χ3n) is 3.06. The van der Waals surface area contributed by atoms with Crippen LogP contribution in [0.15, 0.2) is 12.1 Å². The van der Waals surface area contributed by atoms with Crippen LogP contribution in [0.5, 0.6) is 0 Å². The molecule has 1 aliphatic heterocycles. The maximum absolute atomic E-state index is 12.1. The number of nitrogen functional groups attached to an aromatic ring is 1. The summed E-state index contributed by atoms with van der Waals surface area (Å²) >= 11 is 0. The van der Waals surface area contributed by atoms with Gasteiger partial charge in [-0.25, -0.2) is 10.8 Å². The number of ether oxygens (including phenoxy) is 1. The molecule has 2 rings (SSSR count). The van der Waals surface area contributed by atoms with E-state index in [1.807, 2.05) is 13.8 Å². The van der Waals surface area contributed by atoms with Crippen molar-refractivity contribution in [2.75, 3.05) is 12.0 Å². The number of hydrogen-bond donors (Lipinski definition) is 3. The molecule has 6 heteroatoms. The van der Waals surface area contributed by atoms with E-state index in [1.165, 1.54) is 0 Å². The van der Waals surface area contributed by atoms with E-state index >= 15 is 0 Å². The Morgan fingerprint density at radius 1 is 1.56 bits per heavy atom. The van der Waals surface area contributed by atoms with Gasteiger partial charge in [-0.2, -0.15) is 0 Å². The average Bonchev–Trinajstić information content (AvgIpc) is 2.74. The van der Waals surface area contributed by atoms with Crippen LogP contribution in [0.4, 0.5) is 5.82 Å². The Bertz CT molecular complexity index is 450. The zero-order valence-corrected chi connectivity index (χ0v) is 10.6. The first-order valence-corrected chi connectivity index (χ1v) is 5.98. The van der Waals surface area contributed by atoms with Crippen molar-refractivity contribution in [3.63, 3.8) is 0 Å². The standard InChI is InChI=1S/C12H18N4O2/c1-7-5-9(6-11(14-7)16-13)12(17)15-10-3-4-18-8(10)2/h5-6,8,10H,3-4,13H2,1-2H3,(H,14,16)(H,15,17). The van der Waals surface area contributed by atoms with E-state index in [0.29, 0.717) is 18.0 Å². The van der Waals surface area contributed by atoms with Gasteiger partial charge in [-0.1, -0.05) is 0 Å². The van der Waals surface area contributed by atoms with Crippen molar-refractivity contribution in [2.24, 2.45) is 5.84 Å². The molecule has 2 atom stereocenters. The summed E-state index contributed by atoms with van der Waals surface area (Å²) in [5.41, 5.74) is 3.74. The van der Waals surface area contributed by atoms with Crippen LogP contribution in [0.25, 0.3) is 0 Å². The molecule has 0 spiro atoms. The average molecular weight is 250 g/mol. The van der Waals surface area contributed by atoms with Crippen LogP contribution >= 0.6 is 0 Å². The Kier molecular flexibility index (Phi) is 3.78. The molecule has 1 amide bonds. The highest BCUT2D eigenvalue weighted by molar-refractivity contribution is 5.95. The molecule has 0 saturated carbocycles. The lowest BCUT2D eigenvalue weighted by Gasteiger charge is -2.16. The molecule has 1 aliphatic rings. The molecule has 4 N–H and O–H groups in total. The van der Waals surface area contributed by atoms with Crippen LogP contribution < -0.4 is 16.6 Å². The van der Waals surface area contributed by atoms with Gasteiger partial charge >= 0.3 is 0 Å². The van der Waals surface area contributed by atoms with Gasteiger partial charge in [-0.15, -0.1) is 0 Å². The minimum atomic E-state index is -0.126. The molecule has 0 aromatic carbocycles. The summed E-state index contributed by atoms with van der Waals surface area (Å²) in [7, 11) is 0. The van der Waals surface area contributed by atoms with E-state index in [-0.39, 0.29) is 18.1 Å². The molecule has 98 valence electrons. The van der Waals surface area contributed by atoms with Crippen molar-refractivity contribution in [1.29, 1.82) is 0 Å². The number of amides is 1. The van der Waals surface area contributed by atoms with Gasteiger partial charge in [0.1, 0.15) is 5.82 Å². The Labute approximate surface area is 106 Å². The molecule has 1 aromatic heterocycles. The molecule has 2 heterocycles. The van der Waals surface area contributed by atoms with Gasteiger partial charge in [0.05, 0.1) is 12.1 Å². The van der Waals surface area contributed by atoms with Gasteiger partial charge in [-0.3, -0.25) is 4.79 Å². The first-order chi connectivity index (χ1) is 8.60. The number of nitrogens with one attached hydrogen (secondary N) is 2. The van der Waals surface area contributed by atoms with Crippen molar-refractivity contribution < 1.29 is 9.53 Å². The van der Waals surface area contributed by atoms with Crippen LogP contribution in [-0.2, 0) is 4.74 Å². The zero-order valence-electron chi connectivity index (χ0n) is 10.6. The first kappa shape index (κ1) is 12.8. The summed E-state index contributed by atoms with van der Waals surface area (Å²) < 4.78 is 5.41. The normalized spacial score (nSPS) is 22.8. The number of carbonyl (C=O) groups is 1. The fraction of sp³-hybridized carbons (Fsp3) is 0.500. The molecule has 0 aliphatic carbocycles. The number of nitrogens with two attached hydrogens (primary N) is 1. The minimum Gasteiger partial charge on any atom is -0.376 e. The van der Waals surface area contributed by atoms with Crippen molar-refractivity contribution in [1.82, 2.24) is 10.3 Å². The Morgan fingerprint density at radius 2 is 2.33 bits per heavy atom. The minimum absolute atomic E-state index is 0.0592. The number of rotatable bonds is 3. The molecule has 0 radical (unpaired) electrons. The number of pyridine rings is 1. The number of hydrazine groups is 1. The monoisotopic (exact) mass is 250 g/mol. The third kappa shape index (κ3) is 2.77. The molecule has 18 heavy (non-hydrogen) atoms. The molecule has 6 nitrogen and oxygen atoms in total. The summed E-state index contributed by atoms with van der Waals surface area (Å²) in [6.45, 7) is 4.47. The Morgan fingerprint density at radius 3 is 2.94 bits per heavy atom. The fourth-order valence-electron chi connectivity index (χ4n) is 2.05. The number of aromatic nitrogens is 1. The summed E-state index contributed by atoms with van der Waals surface area (Å²) in [6, 6.07) is 3.43. The van der Waals surface area contributed by atoms with Crippen molar-refractivity contribution >= 4 is 11.7 Å². The summed E-state index contributed by atoms with van der Waals surface area (Å²) in [5.74, 6) is 5.67. The van der Waals surface area contributed by atoms with Gasteiger partial charge < -0.3 is 15.5 Å². The maximum Gasteiger partial charge on any atom is 0.251 e. The zero-order chi connectivity index (χ0) is 13.1. The molecule has 1 saturated heterocycles. The molecule has 1 fully saturated rings. The molecular formula is C12H18N4O2. The lowest BCUT2D eigenvalue weighted by Crippen LogP contribution is -2.39. The predicted octanol–water partition coefficient (Wildman–Crippen LogP) is 0.583. The van der Waals surface area contributed by atoms with Crippen LogP contribution in [0.1, 0.15) is 29.4 Å². The second-order valence-corrected chi connectivity index (χ2v) is 4.47. The lowest BCUT2D eigenvalue weighted by molar-refractivity contribution is 0.0866. The van der Waals surface area contributed by atoms with Gasteiger partial charge in [0, 0.05) is 17.9 Å². The highest BCUT2D eigenvalue weighted by Crippen LogP contribution is 2.14. The number of hydrogen-bond acceptors (Lipinski definition) is 5. The third-order valence-corrected chi connectivity index (χ3v) is 3.06. The van der Waals surface area contributed by atoms with Crippen LogP contribution in [0.2, 0.25) is 0 Å². The summed E-state index contributed by atoms with van der Waals surface area (Å²) in [5, 5.41) is 2.96. The predicted molar refractivity (Wildman–Crippen MR) is 68.1 cm³/mol. The number of aryl methyl sites for hydroxylation is 1. The molecule has 2 unspecified atom stereocenters. The van der Waals surface area contributed by atoms with Crippen LogP contribution in [0, 0.1) is 6.92 Å². The lowest BCUT2D eigenvalue weighted by atomic mass is 10.1. The van der Waals surface area contributed by atoms with E-state index in [4.69, 9.17) is 10.6 Å². The number of anilines is 1. The van der Waals surface area contributed by atoms with E-state index in [1.54, 1.807) is 12.1 Å². The quantitative estimate of drug-likeness (QED) is 0.539. The molecular weight excluding hydrogens is 232 g/mol. The highest BCUT2D eigenvalue weighted by Gasteiger charge is 2.26. The smallest absolute Gasteiger partial charge is 0.251 e. The molecule has 1 aromatic rings. The van der Waals surface area contributed by atoms with Crippen molar-refractivity contribution in [3.8, 4) is 0 Å². The summed E-state index contributed by atoms with van der Waals surface area (Å²) in [6.07, 6.45) is 0.905. The first-order valence-electron chi connectivity index (χ1n) is 5.98. The topological polar surface area (TPSA) is 89.3 Å². The van der Waals surface area contributed by atoms with Crippen molar-refractivity contribution in [2.45, 2.75) is 32.4 Å². The fourth-order valence-corrected chi connectivity index (χ4v) is 2.05. The van der Waals surface area contributed by atoms with Gasteiger partial charge in [0.25, 0.3) is 5.91 Å². The Hall–Kier alpha value is -1.66. The van der Waals surface area contributed by atoms with E-state index < -0.39 is 0 Å². The second kappa shape index (κ2) is 5.32. The van der Waals surface area contributed by atoms with Gasteiger partial charge in [0.2, 0.25) is 0 Å². The van der Waals surface area contributed by atoms with Gasteiger partial charge in [0.15, 0.2) is 0 Å². The summed E-state index contributed by atoms with van der Waals surface area (Å²) in [4.78, 5) is 16.2. The number of nitrogens with zero attached hydrogens (tertiary/aromatic N) is 1. The largest absolute Gasteiger partial charge is 0.376 e. The highest BCUT2D eigenvalue weighted by atomic mass is 16.5. The van der Waals surface area contributed by atoms with E-state index in [2.05, 4.69) is 15.7 Å². The second-order valence-electron chi connectivity index (χ2n) is 4.47. The maximum atomic E-state index is 12.1. The van der Waals surface area contributed by atoms with E-state index in [0.717, 1.165) is 12.1 Å². The van der Waals surface area contributed by atoms with Crippen LogP contribution in [0.3, 0.4) is 0 Å². The SMILES string of the molecule is Cc1cc(C(=O)NC2CCOC2C)cc(NN)n1. The van der Waals surface area contributed by atoms with Crippen molar-refractivity contribution in [3.05, 3.63) is 23.4 Å². The molecule has 0 bridgehead atoms. The van der Waals surface area contributed by atoms with Gasteiger partial charge in [-0.05, 0) is 32.4 Å². The van der Waals surface area contributed by atoms with Crippen LogP contribution in [-0.4, -0.2) is 29.6 Å².